The molecule has 0 atom stereocenters. The molecule has 1 aliphatic carbocycles. The summed E-state index contributed by atoms with van der Waals surface area (Å²) in [6.07, 6.45) is 5.26. The van der Waals surface area contributed by atoms with Crippen LogP contribution in [0, 0.1) is 5.41 Å². The Bertz CT molecular complexity index is 484. The maximum atomic E-state index is 10.3. The third kappa shape index (κ3) is 2.73. The van der Waals surface area contributed by atoms with Crippen LogP contribution in [0.3, 0.4) is 0 Å². The molecule has 0 saturated heterocycles. The van der Waals surface area contributed by atoms with Crippen LogP contribution in [-0.4, -0.2) is 10.7 Å². The van der Waals surface area contributed by atoms with E-state index in [1.165, 1.54) is 11.1 Å². The van der Waals surface area contributed by atoms with Crippen molar-refractivity contribution in [2.75, 3.05) is 0 Å². The Morgan fingerprint density at radius 3 is 2.28 bits per heavy atom. The van der Waals surface area contributed by atoms with Crippen LogP contribution in [-0.2, 0) is 0 Å². The second-order valence-corrected chi connectivity index (χ2v) is 6.32. The second-order valence-electron chi connectivity index (χ2n) is 6.32. The van der Waals surface area contributed by atoms with Crippen molar-refractivity contribution in [1.82, 2.24) is 0 Å². The summed E-state index contributed by atoms with van der Waals surface area (Å²) in [5.74, 6) is 0. The first-order valence-corrected chi connectivity index (χ1v) is 6.50. The Morgan fingerprint density at radius 2 is 1.72 bits per heavy atom. The Balaban J connectivity index is 2.55. The zero-order valence-electron chi connectivity index (χ0n) is 11.7. The summed E-state index contributed by atoms with van der Waals surface area (Å²) in [6.45, 7) is 8.17. The molecule has 0 radical (unpaired) electrons. The number of hydrogen-bond acceptors (Lipinski definition) is 1. The number of allylic oxidation sites excluding steroid dienone is 2. The molecule has 0 spiro atoms. The van der Waals surface area contributed by atoms with Gasteiger partial charge >= 0.3 is 0 Å². The lowest BCUT2D eigenvalue weighted by Crippen LogP contribution is -2.26. The van der Waals surface area contributed by atoms with Crippen molar-refractivity contribution in [3.8, 4) is 0 Å². The van der Waals surface area contributed by atoms with Crippen LogP contribution in [0.2, 0.25) is 0 Å². The van der Waals surface area contributed by atoms with Crippen molar-refractivity contribution in [1.29, 1.82) is 0 Å². The largest absolute Gasteiger partial charge is 0.386 e. The Labute approximate surface area is 110 Å². The third-order valence-corrected chi connectivity index (χ3v) is 3.44. The van der Waals surface area contributed by atoms with Gasteiger partial charge in [0.2, 0.25) is 0 Å². The molecule has 0 aliphatic heterocycles. The highest BCUT2D eigenvalue weighted by Crippen LogP contribution is 2.41. The van der Waals surface area contributed by atoms with E-state index in [4.69, 9.17) is 0 Å². The van der Waals surface area contributed by atoms with Gasteiger partial charge in [-0.25, -0.2) is 0 Å². The van der Waals surface area contributed by atoms with Gasteiger partial charge in [-0.15, -0.1) is 0 Å². The van der Waals surface area contributed by atoms with E-state index in [0.29, 0.717) is 0 Å². The highest BCUT2D eigenvalue weighted by atomic mass is 16.3. The summed E-state index contributed by atoms with van der Waals surface area (Å²) < 4.78 is 0. The Kier molecular flexibility index (Phi) is 3.20. The van der Waals surface area contributed by atoms with Crippen molar-refractivity contribution in [3.63, 3.8) is 0 Å². The van der Waals surface area contributed by atoms with Gasteiger partial charge in [-0.2, -0.15) is 0 Å². The van der Waals surface area contributed by atoms with E-state index in [0.717, 1.165) is 12.0 Å². The lowest BCUT2D eigenvalue weighted by atomic mass is 9.74. The summed E-state index contributed by atoms with van der Waals surface area (Å²) in [5.41, 5.74) is 2.87. The fraction of sp³-hybridized carbons (Fsp3) is 0.412. The van der Waals surface area contributed by atoms with Gasteiger partial charge in [0.15, 0.2) is 0 Å². The molecule has 1 aliphatic rings. The molecule has 0 fully saturated rings. The van der Waals surface area contributed by atoms with Crippen LogP contribution < -0.4 is 0 Å². The van der Waals surface area contributed by atoms with E-state index < -0.39 is 5.60 Å². The van der Waals surface area contributed by atoms with Crippen LogP contribution in [0.4, 0.5) is 0 Å². The van der Waals surface area contributed by atoms with Crippen molar-refractivity contribution in [3.05, 3.63) is 53.6 Å². The molecular formula is C17H22O. The van der Waals surface area contributed by atoms with Crippen LogP contribution in [0.25, 0.3) is 5.57 Å². The van der Waals surface area contributed by atoms with E-state index in [2.05, 4.69) is 50.3 Å². The van der Waals surface area contributed by atoms with E-state index in [-0.39, 0.29) is 5.41 Å². The van der Waals surface area contributed by atoms with Gasteiger partial charge in [0.1, 0.15) is 0 Å². The fourth-order valence-electron chi connectivity index (χ4n) is 2.49. The van der Waals surface area contributed by atoms with Gasteiger partial charge in [0.25, 0.3) is 0 Å². The minimum Gasteiger partial charge on any atom is -0.386 e. The van der Waals surface area contributed by atoms with E-state index in [1.807, 2.05) is 19.9 Å². The first kappa shape index (κ1) is 13.1. The highest BCUT2D eigenvalue weighted by Gasteiger charge is 2.29. The molecule has 0 heterocycles. The number of benzene rings is 1. The lowest BCUT2D eigenvalue weighted by Gasteiger charge is -2.33. The van der Waals surface area contributed by atoms with Crippen molar-refractivity contribution < 1.29 is 5.11 Å². The monoisotopic (exact) mass is 242 g/mol. The summed E-state index contributed by atoms with van der Waals surface area (Å²) in [6, 6.07) is 10.4. The molecule has 1 N–H and O–H groups in total. The lowest BCUT2D eigenvalue weighted by molar-refractivity contribution is 0.123. The van der Waals surface area contributed by atoms with E-state index in [9.17, 15) is 5.11 Å². The molecule has 0 saturated carbocycles. The van der Waals surface area contributed by atoms with Crippen molar-refractivity contribution >= 4 is 5.57 Å². The molecule has 1 aromatic carbocycles. The topological polar surface area (TPSA) is 20.2 Å². The zero-order valence-corrected chi connectivity index (χ0v) is 11.7. The van der Waals surface area contributed by atoms with Gasteiger partial charge < -0.3 is 5.11 Å². The molecule has 1 heteroatoms. The SMILES string of the molecule is CC1(C)C=CC(C(C)(C)O)=C(c2ccccc2)C1. The summed E-state index contributed by atoms with van der Waals surface area (Å²) in [4.78, 5) is 0. The first-order valence-electron chi connectivity index (χ1n) is 6.50. The molecule has 0 unspecified atom stereocenters. The zero-order chi connectivity index (χ0) is 13.4. The van der Waals surface area contributed by atoms with Crippen molar-refractivity contribution in [2.45, 2.75) is 39.7 Å². The van der Waals surface area contributed by atoms with Gasteiger partial charge in [-0.3, -0.25) is 0 Å². The normalized spacial score (nSPS) is 19.2. The summed E-state index contributed by atoms with van der Waals surface area (Å²) in [7, 11) is 0. The third-order valence-electron chi connectivity index (χ3n) is 3.44. The molecule has 2 rings (SSSR count). The molecule has 1 aromatic rings. The van der Waals surface area contributed by atoms with Gasteiger partial charge in [-0.05, 0) is 42.4 Å². The number of rotatable bonds is 2. The van der Waals surface area contributed by atoms with Gasteiger partial charge in [0, 0.05) is 0 Å². The number of aliphatic hydroxyl groups is 1. The molecule has 1 nitrogen and oxygen atoms in total. The fourth-order valence-corrected chi connectivity index (χ4v) is 2.49. The maximum absolute atomic E-state index is 10.3. The van der Waals surface area contributed by atoms with Crippen LogP contribution in [0.1, 0.15) is 39.7 Å². The van der Waals surface area contributed by atoms with Crippen LogP contribution in [0.5, 0.6) is 0 Å². The highest BCUT2D eigenvalue weighted by molar-refractivity contribution is 5.74. The Morgan fingerprint density at radius 1 is 1.11 bits per heavy atom. The van der Waals surface area contributed by atoms with Crippen molar-refractivity contribution in [2.24, 2.45) is 5.41 Å². The molecule has 0 bridgehead atoms. The molecular weight excluding hydrogens is 220 g/mol. The first-order chi connectivity index (χ1) is 8.30. The summed E-state index contributed by atoms with van der Waals surface area (Å²) >= 11 is 0. The summed E-state index contributed by atoms with van der Waals surface area (Å²) in [5, 5.41) is 10.3. The number of hydrogen-bond donors (Lipinski definition) is 1. The quantitative estimate of drug-likeness (QED) is 0.824. The smallest absolute Gasteiger partial charge is 0.0843 e. The maximum Gasteiger partial charge on any atom is 0.0843 e. The van der Waals surface area contributed by atoms with Crippen LogP contribution >= 0.6 is 0 Å². The molecule has 18 heavy (non-hydrogen) atoms. The molecule has 0 aromatic heterocycles. The van der Waals surface area contributed by atoms with Gasteiger partial charge in [0.05, 0.1) is 5.60 Å². The van der Waals surface area contributed by atoms with E-state index >= 15 is 0 Å². The minimum atomic E-state index is -0.793. The van der Waals surface area contributed by atoms with Gasteiger partial charge in [-0.1, -0.05) is 56.3 Å². The second kappa shape index (κ2) is 4.40. The van der Waals surface area contributed by atoms with E-state index in [1.54, 1.807) is 0 Å². The minimum absolute atomic E-state index is 0.153. The predicted octanol–water partition coefficient (Wildman–Crippen LogP) is 4.20. The van der Waals surface area contributed by atoms with Crippen LogP contribution in [0.15, 0.2) is 48.1 Å². The molecule has 0 amide bonds. The standard InChI is InChI=1S/C17H22O/c1-16(2)11-10-15(17(3,4)18)14(12-16)13-8-6-5-7-9-13/h5-11,18H,12H2,1-4H3. The Hall–Kier alpha value is -1.34. The molecule has 96 valence electrons. The average molecular weight is 242 g/mol. The average Bonchev–Trinajstić information content (AvgIpc) is 2.27. The predicted molar refractivity (Wildman–Crippen MR) is 77.2 cm³/mol.